The third-order valence-electron chi connectivity index (χ3n) is 3.71. The number of hydrogen-bond acceptors (Lipinski definition) is 5. The number of amides is 2. The third-order valence-corrected chi connectivity index (χ3v) is 3.71. The van der Waals surface area contributed by atoms with E-state index in [1.165, 1.54) is 0 Å². The average Bonchev–Trinajstić information content (AvgIpc) is 2.97. The summed E-state index contributed by atoms with van der Waals surface area (Å²) in [5.74, 6) is -0.446. The number of H-pyrrole nitrogens is 1. The van der Waals surface area contributed by atoms with Crippen molar-refractivity contribution in [2.45, 2.75) is 12.8 Å². The molecule has 1 fully saturated rings. The van der Waals surface area contributed by atoms with Crippen molar-refractivity contribution in [2.75, 3.05) is 19.7 Å². The molecule has 0 spiro atoms. The molecule has 0 bridgehead atoms. The molecule has 0 aliphatic carbocycles. The summed E-state index contributed by atoms with van der Waals surface area (Å²) in [6.45, 7) is 1.35. The number of nitrogens with one attached hydrogen (secondary N) is 2. The number of fused-ring (bicyclic) bond motifs is 1. The molecule has 0 radical (unpaired) electrons. The lowest BCUT2D eigenvalue weighted by Gasteiger charge is -2.15. The fraction of sp³-hybridized carbons (Fsp3) is 0.333. The lowest BCUT2D eigenvalue weighted by molar-refractivity contribution is -0.128. The number of rotatable bonds is 5. The Morgan fingerprint density at radius 2 is 2.09 bits per heavy atom. The van der Waals surface area contributed by atoms with Crippen LogP contribution in [-0.2, 0) is 9.63 Å². The van der Waals surface area contributed by atoms with Crippen LogP contribution in [-0.4, -0.2) is 46.6 Å². The summed E-state index contributed by atoms with van der Waals surface area (Å²) < 4.78 is 0. The van der Waals surface area contributed by atoms with E-state index in [9.17, 15) is 14.4 Å². The van der Waals surface area contributed by atoms with Crippen LogP contribution in [0, 0.1) is 0 Å². The Morgan fingerprint density at radius 3 is 2.83 bits per heavy atom. The van der Waals surface area contributed by atoms with Gasteiger partial charge in [0.1, 0.15) is 0 Å². The molecule has 23 heavy (non-hydrogen) atoms. The lowest BCUT2D eigenvalue weighted by atomic mass is 10.1. The highest BCUT2D eigenvalue weighted by atomic mass is 16.7. The number of nitrogens with zero attached hydrogens (tertiary/aromatic N) is 2. The van der Waals surface area contributed by atoms with Gasteiger partial charge in [-0.3, -0.25) is 19.2 Å². The maximum atomic E-state index is 12.1. The van der Waals surface area contributed by atoms with Crippen LogP contribution in [0.25, 0.3) is 10.8 Å². The van der Waals surface area contributed by atoms with Gasteiger partial charge in [0.25, 0.3) is 11.5 Å². The smallest absolute Gasteiger partial charge is 0.295 e. The van der Waals surface area contributed by atoms with Crippen molar-refractivity contribution in [3.63, 3.8) is 0 Å². The van der Waals surface area contributed by atoms with E-state index in [1.807, 2.05) is 0 Å². The number of likely N-dealkylation sites (tertiary alicyclic amines) is 1. The van der Waals surface area contributed by atoms with E-state index in [-0.39, 0.29) is 23.8 Å². The van der Waals surface area contributed by atoms with Gasteiger partial charge in [-0.25, -0.2) is 10.6 Å². The summed E-state index contributed by atoms with van der Waals surface area (Å²) in [7, 11) is 0. The molecular formula is C15H16N4O4. The van der Waals surface area contributed by atoms with Crippen LogP contribution >= 0.6 is 0 Å². The first-order valence-electron chi connectivity index (χ1n) is 7.34. The van der Waals surface area contributed by atoms with Crippen LogP contribution in [0.15, 0.2) is 29.1 Å². The molecule has 2 heterocycles. The van der Waals surface area contributed by atoms with Crippen LogP contribution in [0.2, 0.25) is 0 Å². The molecule has 0 atom stereocenters. The van der Waals surface area contributed by atoms with Gasteiger partial charge >= 0.3 is 0 Å². The van der Waals surface area contributed by atoms with Crippen LogP contribution in [0.4, 0.5) is 0 Å². The highest BCUT2D eigenvalue weighted by Crippen LogP contribution is 2.12. The van der Waals surface area contributed by atoms with E-state index in [4.69, 9.17) is 4.84 Å². The summed E-state index contributed by atoms with van der Waals surface area (Å²) in [5, 5.41) is 6.91. The lowest BCUT2D eigenvalue weighted by Crippen LogP contribution is -2.33. The van der Waals surface area contributed by atoms with Gasteiger partial charge in [-0.15, -0.1) is 0 Å². The molecule has 1 aromatic heterocycles. The predicted molar refractivity (Wildman–Crippen MR) is 81.6 cm³/mol. The maximum absolute atomic E-state index is 12.1. The van der Waals surface area contributed by atoms with Crippen molar-refractivity contribution in [2.24, 2.45) is 0 Å². The SMILES string of the molecule is O=C(NOCCN1CCCC1=O)c1n[nH]c(=O)c2ccccc12. The van der Waals surface area contributed by atoms with Crippen molar-refractivity contribution in [3.8, 4) is 0 Å². The van der Waals surface area contributed by atoms with E-state index in [1.54, 1.807) is 29.2 Å². The fourth-order valence-electron chi connectivity index (χ4n) is 2.55. The van der Waals surface area contributed by atoms with Gasteiger partial charge in [0.15, 0.2) is 5.69 Å². The summed E-state index contributed by atoms with van der Waals surface area (Å²) in [5.41, 5.74) is 2.01. The topological polar surface area (TPSA) is 104 Å². The van der Waals surface area contributed by atoms with E-state index in [0.29, 0.717) is 23.7 Å². The zero-order valence-corrected chi connectivity index (χ0v) is 12.4. The standard InChI is InChI=1S/C15H16N4O4/c20-12-6-3-7-19(12)8-9-23-18-15(22)13-10-4-1-2-5-11(10)14(21)17-16-13/h1-2,4-5H,3,6-9H2,(H,17,21)(H,18,22). The van der Waals surface area contributed by atoms with Crippen molar-refractivity contribution in [1.29, 1.82) is 0 Å². The summed E-state index contributed by atoms with van der Waals surface area (Å²) >= 11 is 0. The molecule has 120 valence electrons. The van der Waals surface area contributed by atoms with Crippen molar-refractivity contribution in [1.82, 2.24) is 20.6 Å². The molecule has 1 aliphatic rings. The number of aromatic amines is 1. The first-order chi connectivity index (χ1) is 11.2. The van der Waals surface area contributed by atoms with Crippen LogP contribution < -0.4 is 11.0 Å². The van der Waals surface area contributed by atoms with E-state index >= 15 is 0 Å². The van der Waals surface area contributed by atoms with Gasteiger partial charge in [-0.2, -0.15) is 5.10 Å². The predicted octanol–water partition coefficient (Wildman–Crippen LogP) is 0.207. The summed E-state index contributed by atoms with van der Waals surface area (Å²) in [4.78, 5) is 42.1. The Morgan fingerprint density at radius 1 is 1.30 bits per heavy atom. The van der Waals surface area contributed by atoms with Gasteiger partial charge in [0.05, 0.1) is 12.0 Å². The fourth-order valence-corrected chi connectivity index (χ4v) is 2.55. The van der Waals surface area contributed by atoms with Crippen molar-refractivity contribution in [3.05, 3.63) is 40.3 Å². The largest absolute Gasteiger partial charge is 0.340 e. The second kappa shape index (κ2) is 6.57. The Bertz CT molecular complexity index is 801. The summed E-state index contributed by atoms with van der Waals surface area (Å²) in [6, 6.07) is 6.70. The average molecular weight is 316 g/mol. The van der Waals surface area contributed by atoms with Crippen LogP contribution in [0.5, 0.6) is 0 Å². The van der Waals surface area contributed by atoms with E-state index < -0.39 is 5.91 Å². The van der Waals surface area contributed by atoms with E-state index in [2.05, 4.69) is 15.7 Å². The molecule has 8 heteroatoms. The maximum Gasteiger partial charge on any atom is 0.295 e. The second-order valence-electron chi connectivity index (χ2n) is 5.21. The minimum atomic E-state index is -0.551. The number of hydrogen-bond donors (Lipinski definition) is 2. The summed E-state index contributed by atoms with van der Waals surface area (Å²) in [6.07, 6.45) is 1.43. The van der Waals surface area contributed by atoms with Gasteiger partial charge in [0, 0.05) is 24.9 Å². The number of carbonyl (C=O) groups is 2. The number of hydroxylamine groups is 1. The third kappa shape index (κ3) is 3.21. The Balaban J connectivity index is 1.61. The van der Waals surface area contributed by atoms with Crippen LogP contribution in [0.3, 0.4) is 0 Å². The number of carbonyl (C=O) groups excluding carboxylic acids is 2. The molecule has 8 nitrogen and oxygen atoms in total. The highest BCUT2D eigenvalue weighted by Gasteiger charge is 2.19. The highest BCUT2D eigenvalue weighted by molar-refractivity contribution is 6.04. The molecule has 1 aromatic carbocycles. The molecule has 2 N–H and O–H groups in total. The first-order valence-corrected chi connectivity index (χ1v) is 7.34. The Kier molecular flexibility index (Phi) is 4.33. The first kappa shape index (κ1) is 15.2. The monoisotopic (exact) mass is 316 g/mol. The minimum Gasteiger partial charge on any atom is -0.340 e. The number of aromatic nitrogens is 2. The van der Waals surface area contributed by atoms with Crippen molar-refractivity contribution >= 4 is 22.6 Å². The molecule has 3 rings (SSSR count). The van der Waals surface area contributed by atoms with Crippen molar-refractivity contribution < 1.29 is 14.4 Å². The van der Waals surface area contributed by atoms with Gasteiger partial charge in [-0.05, 0) is 12.5 Å². The normalized spacial score (nSPS) is 14.4. The van der Waals surface area contributed by atoms with Gasteiger partial charge in [0.2, 0.25) is 5.91 Å². The van der Waals surface area contributed by atoms with Crippen LogP contribution in [0.1, 0.15) is 23.3 Å². The van der Waals surface area contributed by atoms with Gasteiger partial charge in [-0.1, -0.05) is 18.2 Å². The molecule has 1 aliphatic heterocycles. The molecule has 1 saturated heterocycles. The zero-order chi connectivity index (χ0) is 16.2. The zero-order valence-electron chi connectivity index (χ0n) is 12.4. The second-order valence-corrected chi connectivity index (χ2v) is 5.21. The van der Waals surface area contributed by atoms with Gasteiger partial charge < -0.3 is 4.90 Å². The quantitative estimate of drug-likeness (QED) is 0.606. The minimum absolute atomic E-state index is 0.0810. The Labute approximate surface area is 131 Å². The molecule has 0 saturated carbocycles. The number of benzene rings is 1. The molecule has 2 aromatic rings. The Hall–Kier alpha value is -2.74. The van der Waals surface area contributed by atoms with E-state index in [0.717, 1.165) is 13.0 Å². The molecule has 2 amide bonds. The molecular weight excluding hydrogens is 300 g/mol. The molecule has 0 unspecified atom stereocenters.